The first-order valence-corrected chi connectivity index (χ1v) is 6.49. The highest BCUT2D eigenvalue weighted by Crippen LogP contribution is 2.56. The Labute approximate surface area is 92.6 Å². The molecule has 0 spiro atoms. The Hall–Kier alpha value is -0.350. The normalized spacial score (nSPS) is 36.3. The minimum Gasteiger partial charge on any atom is -0.263 e. The van der Waals surface area contributed by atoms with Crippen molar-refractivity contribution in [1.82, 2.24) is 0 Å². The topological polar surface area (TPSA) is 43.4 Å². The Bertz CT molecular complexity index is 379. The summed E-state index contributed by atoms with van der Waals surface area (Å²) in [4.78, 5) is 0. The van der Waals surface area contributed by atoms with E-state index >= 15 is 0 Å². The van der Waals surface area contributed by atoms with Gasteiger partial charge in [-0.1, -0.05) is 19.9 Å². The highest BCUT2D eigenvalue weighted by atomic mass is 32.2. The Balaban J connectivity index is 3.43. The molecule has 1 aliphatic heterocycles. The molecule has 1 unspecified atom stereocenters. The molecular formula is C11H20O3S. The van der Waals surface area contributed by atoms with Crippen molar-refractivity contribution in [2.45, 2.75) is 51.4 Å². The van der Waals surface area contributed by atoms with E-state index in [0.29, 0.717) is 6.42 Å². The zero-order chi connectivity index (χ0) is 12.1. The Morgan fingerprint density at radius 2 is 1.67 bits per heavy atom. The van der Waals surface area contributed by atoms with Crippen LogP contribution in [-0.4, -0.2) is 18.8 Å². The quantitative estimate of drug-likeness (QED) is 0.542. The SMILES string of the molecule is C=CCC1(C)C(C)(C)C(C)(C)OS1(=O)=O. The minimum absolute atomic E-state index is 0.408. The lowest BCUT2D eigenvalue weighted by molar-refractivity contribution is 0.0175. The molecule has 0 N–H and O–H groups in total. The predicted molar refractivity (Wildman–Crippen MR) is 61.1 cm³/mol. The van der Waals surface area contributed by atoms with Crippen LogP contribution >= 0.6 is 0 Å². The van der Waals surface area contributed by atoms with Gasteiger partial charge in [-0.3, -0.25) is 4.18 Å². The van der Waals surface area contributed by atoms with Crippen LogP contribution in [0.25, 0.3) is 0 Å². The maximum atomic E-state index is 12.0. The Kier molecular flexibility index (Phi) is 2.61. The van der Waals surface area contributed by atoms with Crippen molar-refractivity contribution in [3.63, 3.8) is 0 Å². The molecule has 0 aromatic heterocycles. The largest absolute Gasteiger partial charge is 0.274 e. The van der Waals surface area contributed by atoms with E-state index in [1.54, 1.807) is 13.0 Å². The molecular weight excluding hydrogens is 212 g/mol. The zero-order valence-corrected chi connectivity index (χ0v) is 10.9. The van der Waals surface area contributed by atoms with Crippen LogP contribution in [0.3, 0.4) is 0 Å². The predicted octanol–water partition coefficient (Wildman–Crippen LogP) is 2.49. The molecule has 15 heavy (non-hydrogen) atoms. The number of allylic oxidation sites excluding steroid dienone is 1. The summed E-state index contributed by atoms with van der Waals surface area (Å²) in [6.45, 7) is 12.9. The average Bonchev–Trinajstić information content (AvgIpc) is 2.08. The van der Waals surface area contributed by atoms with Gasteiger partial charge in [0.2, 0.25) is 0 Å². The van der Waals surface area contributed by atoms with Crippen LogP contribution in [-0.2, 0) is 14.3 Å². The summed E-state index contributed by atoms with van der Waals surface area (Å²) in [5.41, 5.74) is -1.13. The van der Waals surface area contributed by atoms with Crippen LogP contribution in [0.2, 0.25) is 0 Å². The van der Waals surface area contributed by atoms with Gasteiger partial charge in [0.25, 0.3) is 10.1 Å². The summed E-state index contributed by atoms with van der Waals surface area (Å²) in [5, 5.41) is 0. The van der Waals surface area contributed by atoms with E-state index in [1.807, 2.05) is 27.7 Å². The van der Waals surface area contributed by atoms with Gasteiger partial charge < -0.3 is 0 Å². The third-order valence-corrected chi connectivity index (χ3v) is 6.65. The highest BCUT2D eigenvalue weighted by Gasteiger charge is 2.66. The second-order valence-corrected chi connectivity index (χ2v) is 7.37. The molecule has 0 radical (unpaired) electrons. The van der Waals surface area contributed by atoms with Gasteiger partial charge in [-0.25, -0.2) is 0 Å². The van der Waals surface area contributed by atoms with Crippen LogP contribution in [0.1, 0.15) is 41.0 Å². The molecule has 1 rings (SSSR count). The molecule has 0 saturated carbocycles. The first kappa shape index (κ1) is 12.7. The van der Waals surface area contributed by atoms with Crippen LogP contribution in [0.15, 0.2) is 12.7 Å². The minimum atomic E-state index is -3.54. The molecule has 1 atom stereocenters. The summed E-state index contributed by atoms with van der Waals surface area (Å²) in [7, 11) is -3.54. The fraction of sp³-hybridized carbons (Fsp3) is 0.818. The van der Waals surface area contributed by atoms with Gasteiger partial charge in [0, 0.05) is 5.41 Å². The molecule has 88 valence electrons. The van der Waals surface area contributed by atoms with E-state index in [1.165, 1.54) is 0 Å². The van der Waals surface area contributed by atoms with E-state index in [2.05, 4.69) is 6.58 Å². The van der Waals surface area contributed by atoms with E-state index in [0.717, 1.165) is 0 Å². The van der Waals surface area contributed by atoms with Crippen molar-refractivity contribution in [1.29, 1.82) is 0 Å². The van der Waals surface area contributed by atoms with Crippen LogP contribution < -0.4 is 0 Å². The van der Waals surface area contributed by atoms with Crippen molar-refractivity contribution >= 4 is 10.1 Å². The van der Waals surface area contributed by atoms with Crippen molar-refractivity contribution in [3.05, 3.63) is 12.7 Å². The first-order chi connectivity index (χ1) is 6.52. The maximum Gasteiger partial charge on any atom is 0.274 e. The van der Waals surface area contributed by atoms with Crippen molar-refractivity contribution < 1.29 is 12.6 Å². The molecule has 1 heterocycles. The van der Waals surface area contributed by atoms with Gasteiger partial charge in [-0.15, -0.1) is 6.58 Å². The molecule has 1 fully saturated rings. The fourth-order valence-corrected chi connectivity index (χ4v) is 4.19. The van der Waals surface area contributed by atoms with Crippen LogP contribution in [0.4, 0.5) is 0 Å². The summed E-state index contributed by atoms with van der Waals surface area (Å²) < 4.78 is 28.4. The summed E-state index contributed by atoms with van der Waals surface area (Å²) >= 11 is 0. The van der Waals surface area contributed by atoms with Gasteiger partial charge >= 0.3 is 0 Å². The third-order valence-electron chi connectivity index (χ3n) is 4.23. The lowest BCUT2D eigenvalue weighted by Crippen LogP contribution is -2.48. The Morgan fingerprint density at radius 1 is 1.20 bits per heavy atom. The van der Waals surface area contributed by atoms with E-state index in [9.17, 15) is 8.42 Å². The van der Waals surface area contributed by atoms with E-state index in [4.69, 9.17) is 4.18 Å². The molecule has 0 bridgehead atoms. The molecule has 0 aliphatic carbocycles. The van der Waals surface area contributed by atoms with E-state index in [-0.39, 0.29) is 0 Å². The lowest BCUT2D eigenvalue weighted by Gasteiger charge is -2.40. The molecule has 3 nitrogen and oxygen atoms in total. The number of hydrogen-bond donors (Lipinski definition) is 0. The monoisotopic (exact) mass is 232 g/mol. The van der Waals surface area contributed by atoms with Crippen LogP contribution in [0, 0.1) is 5.41 Å². The van der Waals surface area contributed by atoms with Gasteiger partial charge in [0.05, 0.1) is 5.60 Å². The maximum absolute atomic E-state index is 12.0. The molecule has 0 aromatic rings. The number of hydrogen-bond acceptors (Lipinski definition) is 3. The molecule has 4 heteroatoms. The standard InChI is InChI=1S/C11H20O3S/c1-7-8-11(6)9(2,3)10(4,5)14-15(11,12)13/h7H,1,8H2,2-6H3. The highest BCUT2D eigenvalue weighted by molar-refractivity contribution is 7.88. The summed E-state index contributed by atoms with van der Waals surface area (Å²) in [6, 6.07) is 0. The second-order valence-electron chi connectivity index (χ2n) is 5.40. The lowest BCUT2D eigenvalue weighted by atomic mass is 9.67. The molecule has 1 saturated heterocycles. The Morgan fingerprint density at radius 3 is 1.93 bits per heavy atom. The summed E-state index contributed by atoms with van der Waals surface area (Å²) in [5.74, 6) is 0. The zero-order valence-electron chi connectivity index (χ0n) is 10.1. The van der Waals surface area contributed by atoms with Gasteiger partial charge in [0.15, 0.2) is 0 Å². The molecule has 1 aliphatic rings. The van der Waals surface area contributed by atoms with Crippen LogP contribution in [0.5, 0.6) is 0 Å². The third kappa shape index (κ3) is 1.38. The van der Waals surface area contributed by atoms with Crippen molar-refractivity contribution in [2.75, 3.05) is 0 Å². The van der Waals surface area contributed by atoms with E-state index < -0.39 is 25.9 Å². The van der Waals surface area contributed by atoms with Crippen molar-refractivity contribution in [2.24, 2.45) is 5.41 Å². The van der Waals surface area contributed by atoms with Gasteiger partial charge in [-0.2, -0.15) is 8.42 Å². The number of rotatable bonds is 2. The summed E-state index contributed by atoms with van der Waals surface area (Å²) in [6.07, 6.45) is 2.05. The van der Waals surface area contributed by atoms with Gasteiger partial charge in [-0.05, 0) is 27.2 Å². The average molecular weight is 232 g/mol. The van der Waals surface area contributed by atoms with Crippen molar-refractivity contribution in [3.8, 4) is 0 Å². The molecule has 0 amide bonds. The van der Waals surface area contributed by atoms with Gasteiger partial charge in [0.1, 0.15) is 4.75 Å². The smallest absolute Gasteiger partial charge is 0.263 e. The molecule has 0 aromatic carbocycles. The first-order valence-electron chi connectivity index (χ1n) is 5.08. The second kappa shape index (κ2) is 3.08. The fourth-order valence-electron chi connectivity index (χ4n) is 2.05.